The van der Waals surface area contributed by atoms with Gasteiger partial charge in [0.25, 0.3) is 5.91 Å². The van der Waals surface area contributed by atoms with E-state index in [9.17, 15) is 13.2 Å². The lowest BCUT2D eigenvalue weighted by molar-refractivity contribution is -0.140. The Hall–Kier alpha value is -2.90. The molecule has 32 heavy (non-hydrogen) atoms. The molecule has 0 aromatic heterocycles. The highest BCUT2D eigenvalue weighted by Crippen LogP contribution is 2.27. The second-order valence-electron chi connectivity index (χ2n) is 8.03. The van der Waals surface area contributed by atoms with Gasteiger partial charge in [0.05, 0.1) is 4.90 Å². The first-order valence-corrected chi connectivity index (χ1v) is 12.3. The lowest BCUT2D eigenvalue weighted by Crippen LogP contribution is -2.53. The summed E-state index contributed by atoms with van der Waals surface area (Å²) >= 11 is 0. The van der Waals surface area contributed by atoms with Gasteiger partial charge in [0.2, 0.25) is 10.0 Å². The standard InChI is InChI=1S/C25H28N2O4S/c1-3-23(31-24-10-6-8-20-7-4-5-9-22(20)24)25(28)26-15-17-27(18-16-26)32(29,30)21-13-11-19(2)12-14-21/h4-14,23H,3,15-18H2,1-2H3/t23-/m0/s1. The third-order valence-corrected chi connectivity index (χ3v) is 7.79. The van der Waals surface area contributed by atoms with Crippen molar-refractivity contribution in [1.29, 1.82) is 0 Å². The van der Waals surface area contributed by atoms with Crippen molar-refractivity contribution in [3.05, 3.63) is 72.3 Å². The number of fused-ring (bicyclic) bond motifs is 1. The van der Waals surface area contributed by atoms with Crippen LogP contribution in [-0.4, -0.2) is 55.8 Å². The number of hydrogen-bond donors (Lipinski definition) is 0. The van der Waals surface area contributed by atoms with Crippen LogP contribution in [0.5, 0.6) is 5.75 Å². The van der Waals surface area contributed by atoms with Gasteiger partial charge in [0.15, 0.2) is 6.10 Å². The molecule has 0 bridgehead atoms. The molecule has 7 heteroatoms. The Morgan fingerprint density at radius 2 is 1.59 bits per heavy atom. The number of nitrogens with zero attached hydrogens (tertiary/aromatic N) is 2. The Morgan fingerprint density at radius 1 is 0.938 bits per heavy atom. The van der Waals surface area contributed by atoms with E-state index in [-0.39, 0.29) is 23.9 Å². The monoisotopic (exact) mass is 452 g/mol. The van der Waals surface area contributed by atoms with E-state index in [2.05, 4.69) is 0 Å². The van der Waals surface area contributed by atoms with Crippen molar-refractivity contribution in [3.8, 4) is 5.75 Å². The zero-order valence-corrected chi connectivity index (χ0v) is 19.2. The Labute approximate surface area is 189 Å². The van der Waals surface area contributed by atoms with Crippen molar-refractivity contribution in [2.75, 3.05) is 26.2 Å². The summed E-state index contributed by atoms with van der Waals surface area (Å²) in [5.74, 6) is 0.580. The topological polar surface area (TPSA) is 66.9 Å². The largest absolute Gasteiger partial charge is 0.480 e. The summed E-state index contributed by atoms with van der Waals surface area (Å²) in [5, 5.41) is 2.03. The fraction of sp³-hybridized carbons (Fsp3) is 0.320. The predicted molar refractivity (Wildman–Crippen MR) is 125 cm³/mol. The summed E-state index contributed by atoms with van der Waals surface area (Å²) in [4.78, 5) is 15.2. The molecule has 0 unspecified atom stereocenters. The van der Waals surface area contributed by atoms with Crippen LogP contribution in [0.15, 0.2) is 71.6 Å². The highest BCUT2D eigenvalue weighted by atomic mass is 32.2. The van der Waals surface area contributed by atoms with E-state index >= 15 is 0 Å². The van der Waals surface area contributed by atoms with E-state index in [1.54, 1.807) is 29.2 Å². The maximum Gasteiger partial charge on any atom is 0.263 e. The number of aryl methyl sites for hydroxylation is 1. The molecule has 1 aliphatic heterocycles. The van der Waals surface area contributed by atoms with Crippen LogP contribution in [0.3, 0.4) is 0 Å². The van der Waals surface area contributed by atoms with Crippen LogP contribution in [0.1, 0.15) is 18.9 Å². The van der Waals surface area contributed by atoms with Crippen LogP contribution in [-0.2, 0) is 14.8 Å². The van der Waals surface area contributed by atoms with Crippen molar-refractivity contribution in [2.24, 2.45) is 0 Å². The van der Waals surface area contributed by atoms with Gasteiger partial charge in [-0.1, -0.05) is 61.0 Å². The average molecular weight is 453 g/mol. The minimum absolute atomic E-state index is 0.104. The Bertz CT molecular complexity index is 1190. The smallest absolute Gasteiger partial charge is 0.263 e. The first-order chi connectivity index (χ1) is 15.4. The molecule has 6 nitrogen and oxygen atoms in total. The van der Waals surface area contributed by atoms with Crippen LogP contribution < -0.4 is 4.74 Å². The van der Waals surface area contributed by atoms with Gasteiger partial charge in [-0.3, -0.25) is 4.79 Å². The van der Waals surface area contributed by atoms with Gasteiger partial charge < -0.3 is 9.64 Å². The molecule has 0 aliphatic carbocycles. The molecular weight excluding hydrogens is 424 g/mol. The number of carbonyl (C=O) groups is 1. The van der Waals surface area contributed by atoms with Crippen LogP contribution in [0.2, 0.25) is 0 Å². The lowest BCUT2D eigenvalue weighted by atomic mass is 10.1. The molecule has 0 radical (unpaired) electrons. The normalized spacial score (nSPS) is 16.1. The Kier molecular flexibility index (Phi) is 6.48. The van der Waals surface area contributed by atoms with Crippen LogP contribution in [0, 0.1) is 6.92 Å². The van der Waals surface area contributed by atoms with E-state index in [1.807, 2.05) is 56.3 Å². The number of hydrogen-bond acceptors (Lipinski definition) is 4. The molecule has 1 heterocycles. The summed E-state index contributed by atoms with van der Waals surface area (Å²) < 4.78 is 33.5. The van der Waals surface area contributed by atoms with Crippen molar-refractivity contribution >= 4 is 26.7 Å². The van der Waals surface area contributed by atoms with Gasteiger partial charge >= 0.3 is 0 Å². The molecule has 3 aromatic carbocycles. The second kappa shape index (κ2) is 9.30. The number of carbonyl (C=O) groups excluding carboxylic acids is 1. The molecule has 1 atom stereocenters. The van der Waals surface area contributed by atoms with Crippen molar-refractivity contribution in [2.45, 2.75) is 31.3 Å². The minimum atomic E-state index is -3.56. The molecule has 1 fully saturated rings. The van der Waals surface area contributed by atoms with Crippen molar-refractivity contribution in [1.82, 2.24) is 9.21 Å². The van der Waals surface area contributed by atoms with E-state index < -0.39 is 16.1 Å². The summed E-state index contributed by atoms with van der Waals surface area (Å²) in [6.45, 7) is 5.08. The first-order valence-electron chi connectivity index (χ1n) is 10.9. The van der Waals surface area contributed by atoms with Gasteiger partial charge in [0.1, 0.15) is 5.75 Å². The molecule has 168 valence electrons. The number of benzene rings is 3. The van der Waals surface area contributed by atoms with Crippen LogP contribution in [0.25, 0.3) is 10.8 Å². The van der Waals surface area contributed by atoms with Crippen molar-refractivity contribution in [3.63, 3.8) is 0 Å². The molecule has 0 spiro atoms. The number of sulfonamides is 1. The Morgan fingerprint density at radius 3 is 2.28 bits per heavy atom. The minimum Gasteiger partial charge on any atom is -0.480 e. The highest BCUT2D eigenvalue weighted by molar-refractivity contribution is 7.89. The molecule has 1 saturated heterocycles. The zero-order chi connectivity index (χ0) is 22.7. The number of ether oxygens (including phenoxy) is 1. The van der Waals surface area contributed by atoms with E-state index in [0.717, 1.165) is 16.3 Å². The summed E-state index contributed by atoms with van der Waals surface area (Å²) in [5.41, 5.74) is 1.01. The molecule has 0 saturated carbocycles. The SMILES string of the molecule is CC[C@H](Oc1cccc2ccccc12)C(=O)N1CCN(S(=O)(=O)c2ccc(C)cc2)CC1. The van der Waals surface area contributed by atoms with Gasteiger partial charge in [-0.25, -0.2) is 8.42 Å². The summed E-state index contributed by atoms with van der Waals surface area (Å²) in [6, 6.07) is 20.6. The number of amides is 1. The molecule has 1 aliphatic rings. The summed E-state index contributed by atoms with van der Waals surface area (Å²) in [6.07, 6.45) is -0.0784. The third kappa shape index (κ3) is 4.49. The van der Waals surface area contributed by atoms with Crippen LogP contribution >= 0.6 is 0 Å². The zero-order valence-electron chi connectivity index (χ0n) is 18.4. The quantitative estimate of drug-likeness (QED) is 0.570. The average Bonchev–Trinajstić information content (AvgIpc) is 2.82. The summed E-state index contributed by atoms with van der Waals surface area (Å²) in [7, 11) is -3.56. The maximum atomic E-state index is 13.2. The molecule has 4 rings (SSSR count). The van der Waals surface area contributed by atoms with Gasteiger partial charge in [-0.2, -0.15) is 4.31 Å². The lowest BCUT2D eigenvalue weighted by Gasteiger charge is -2.35. The highest BCUT2D eigenvalue weighted by Gasteiger charge is 2.33. The van der Waals surface area contributed by atoms with E-state index in [1.165, 1.54) is 4.31 Å². The molecular formula is C25H28N2O4S. The van der Waals surface area contributed by atoms with E-state index in [0.29, 0.717) is 25.3 Å². The fourth-order valence-electron chi connectivity index (χ4n) is 3.97. The molecule has 3 aromatic rings. The van der Waals surface area contributed by atoms with Gasteiger partial charge in [-0.15, -0.1) is 0 Å². The second-order valence-corrected chi connectivity index (χ2v) is 9.97. The predicted octanol–water partition coefficient (Wildman–Crippen LogP) is 3.84. The third-order valence-electron chi connectivity index (χ3n) is 5.87. The first kappa shape index (κ1) is 22.3. The number of rotatable bonds is 6. The molecule has 0 N–H and O–H groups in total. The maximum absolute atomic E-state index is 13.2. The fourth-order valence-corrected chi connectivity index (χ4v) is 5.39. The van der Waals surface area contributed by atoms with Gasteiger partial charge in [0, 0.05) is 31.6 Å². The van der Waals surface area contributed by atoms with E-state index in [4.69, 9.17) is 4.74 Å². The van der Waals surface area contributed by atoms with Crippen molar-refractivity contribution < 1.29 is 17.9 Å². The van der Waals surface area contributed by atoms with Crippen LogP contribution in [0.4, 0.5) is 0 Å². The molecule has 1 amide bonds. The number of piperazine rings is 1. The van der Waals surface area contributed by atoms with Gasteiger partial charge in [-0.05, 0) is 36.9 Å². The Balaban J connectivity index is 1.43.